The zero-order valence-corrected chi connectivity index (χ0v) is 6.73. The van der Waals surface area contributed by atoms with Crippen LogP contribution in [0.1, 0.15) is 0 Å². The molecule has 0 spiro atoms. The minimum atomic E-state index is 0.818. The molecule has 1 N–H and O–H groups in total. The van der Waals surface area contributed by atoms with Crippen LogP contribution < -0.4 is 0 Å². The van der Waals surface area contributed by atoms with Gasteiger partial charge < -0.3 is 0 Å². The summed E-state index contributed by atoms with van der Waals surface area (Å²) in [5.74, 6) is 0. The normalized spacial score (nSPS) is 11.1. The number of rotatable bonds is 0. The van der Waals surface area contributed by atoms with Crippen molar-refractivity contribution < 1.29 is 0 Å². The highest BCUT2D eigenvalue weighted by Gasteiger charge is 1.99. The van der Waals surface area contributed by atoms with Gasteiger partial charge in [-0.1, -0.05) is 0 Å². The van der Waals surface area contributed by atoms with Gasteiger partial charge in [-0.3, -0.25) is 10.1 Å². The molecule has 0 aliphatic heterocycles. The molecule has 3 aromatic heterocycles. The molecule has 13 heavy (non-hydrogen) atoms. The maximum Gasteiger partial charge on any atom is 0.155 e. The second-order valence-electron chi connectivity index (χ2n) is 2.86. The first-order valence-corrected chi connectivity index (χ1v) is 3.97. The third-order valence-electron chi connectivity index (χ3n) is 2.02. The molecule has 0 saturated carbocycles. The molecule has 0 bridgehead atoms. The highest BCUT2D eigenvalue weighted by atomic mass is 15.1. The molecule has 0 fully saturated rings. The molecule has 0 saturated heterocycles. The van der Waals surface area contributed by atoms with Crippen LogP contribution in [0.3, 0.4) is 0 Å². The lowest BCUT2D eigenvalue weighted by molar-refractivity contribution is 1.10. The molecule has 0 aliphatic rings. The van der Waals surface area contributed by atoms with Crippen LogP contribution in [0.25, 0.3) is 21.9 Å². The first-order valence-electron chi connectivity index (χ1n) is 3.97. The summed E-state index contributed by atoms with van der Waals surface area (Å²) in [5, 5.41) is 8.80. The van der Waals surface area contributed by atoms with Gasteiger partial charge in [0, 0.05) is 23.2 Å². The standard InChI is InChI=1S/C9H6N4/c1-2-10-4-6-3-7-5-11-13-9(7)12-8(1)6/h1-5H,(H,11,12,13). The van der Waals surface area contributed by atoms with Gasteiger partial charge in [0.2, 0.25) is 0 Å². The van der Waals surface area contributed by atoms with E-state index in [1.807, 2.05) is 12.1 Å². The molecule has 3 heterocycles. The van der Waals surface area contributed by atoms with Crippen molar-refractivity contribution in [1.82, 2.24) is 20.2 Å². The molecular formula is C9H6N4. The minimum absolute atomic E-state index is 0.818. The second-order valence-corrected chi connectivity index (χ2v) is 2.86. The Kier molecular flexibility index (Phi) is 1.14. The van der Waals surface area contributed by atoms with Crippen molar-refractivity contribution in [3.8, 4) is 0 Å². The van der Waals surface area contributed by atoms with Gasteiger partial charge in [-0.2, -0.15) is 5.10 Å². The molecule has 0 aliphatic carbocycles. The Labute approximate surface area is 73.6 Å². The van der Waals surface area contributed by atoms with Gasteiger partial charge in [0.25, 0.3) is 0 Å². The number of fused-ring (bicyclic) bond motifs is 2. The van der Waals surface area contributed by atoms with Gasteiger partial charge >= 0.3 is 0 Å². The quantitative estimate of drug-likeness (QED) is 0.556. The Morgan fingerprint density at radius 3 is 3.15 bits per heavy atom. The molecule has 0 unspecified atom stereocenters. The van der Waals surface area contributed by atoms with Crippen molar-refractivity contribution >= 4 is 21.9 Å². The summed E-state index contributed by atoms with van der Waals surface area (Å²) < 4.78 is 0. The van der Waals surface area contributed by atoms with Crippen LogP contribution in [-0.4, -0.2) is 20.2 Å². The average Bonchev–Trinajstić information content (AvgIpc) is 2.61. The lowest BCUT2D eigenvalue weighted by Gasteiger charge is -1.94. The number of aromatic amines is 1. The van der Waals surface area contributed by atoms with E-state index in [0.29, 0.717) is 0 Å². The van der Waals surface area contributed by atoms with Crippen molar-refractivity contribution in [2.75, 3.05) is 0 Å². The molecule has 0 radical (unpaired) electrons. The molecule has 0 amide bonds. The summed E-state index contributed by atoms with van der Waals surface area (Å²) in [7, 11) is 0. The SMILES string of the molecule is c1cc2nc3[nH]ncc3cc2cn1. The highest BCUT2D eigenvalue weighted by molar-refractivity contribution is 5.89. The predicted molar refractivity (Wildman–Crippen MR) is 49.2 cm³/mol. The summed E-state index contributed by atoms with van der Waals surface area (Å²) in [6.07, 6.45) is 5.29. The molecule has 0 aromatic carbocycles. The van der Waals surface area contributed by atoms with E-state index < -0.39 is 0 Å². The van der Waals surface area contributed by atoms with Crippen LogP contribution in [0.4, 0.5) is 0 Å². The summed E-state index contributed by atoms with van der Waals surface area (Å²) in [6.45, 7) is 0. The number of nitrogens with one attached hydrogen (secondary N) is 1. The number of aromatic nitrogens is 4. The summed E-state index contributed by atoms with van der Waals surface area (Å²) >= 11 is 0. The summed E-state index contributed by atoms with van der Waals surface area (Å²) in [6, 6.07) is 3.91. The fraction of sp³-hybridized carbons (Fsp3) is 0. The number of H-pyrrole nitrogens is 1. The van der Waals surface area contributed by atoms with E-state index in [2.05, 4.69) is 20.2 Å². The number of hydrogen-bond acceptors (Lipinski definition) is 3. The smallest absolute Gasteiger partial charge is 0.155 e. The van der Waals surface area contributed by atoms with Crippen molar-refractivity contribution in [3.05, 3.63) is 30.7 Å². The first kappa shape index (κ1) is 6.54. The monoisotopic (exact) mass is 170 g/mol. The van der Waals surface area contributed by atoms with Crippen molar-refractivity contribution in [2.24, 2.45) is 0 Å². The molecular weight excluding hydrogens is 164 g/mol. The van der Waals surface area contributed by atoms with E-state index in [1.54, 1.807) is 18.6 Å². The predicted octanol–water partition coefficient (Wildman–Crippen LogP) is 1.51. The van der Waals surface area contributed by atoms with E-state index in [-0.39, 0.29) is 0 Å². The Bertz CT molecular complexity index is 520. The highest BCUT2D eigenvalue weighted by Crippen LogP contribution is 2.15. The van der Waals surface area contributed by atoms with E-state index in [0.717, 1.165) is 21.9 Å². The third kappa shape index (κ3) is 0.885. The first-order chi connectivity index (χ1) is 6.43. The summed E-state index contributed by atoms with van der Waals surface area (Å²) in [5.41, 5.74) is 1.76. The fourth-order valence-corrected chi connectivity index (χ4v) is 1.38. The van der Waals surface area contributed by atoms with E-state index in [4.69, 9.17) is 0 Å². The minimum Gasteiger partial charge on any atom is -0.264 e. The zero-order chi connectivity index (χ0) is 8.67. The van der Waals surface area contributed by atoms with Crippen LogP contribution in [-0.2, 0) is 0 Å². The average molecular weight is 170 g/mol. The van der Waals surface area contributed by atoms with Crippen molar-refractivity contribution in [1.29, 1.82) is 0 Å². The van der Waals surface area contributed by atoms with Crippen LogP contribution in [0.15, 0.2) is 30.7 Å². The van der Waals surface area contributed by atoms with Gasteiger partial charge in [-0.25, -0.2) is 4.98 Å². The topological polar surface area (TPSA) is 54.5 Å². The molecule has 0 atom stereocenters. The maximum absolute atomic E-state index is 4.38. The van der Waals surface area contributed by atoms with Crippen LogP contribution >= 0.6 is 0 Å². The lowest BCUT2D eigenvalue weighted by Crippen LogP contribution is -1.81. The zero-order valence-electron chi connectivity index (χ0n) is 6.73. The number of nitrogens with zero attached hydrogens (tertiary/aromatic N) is 3. The van der Waals surface area contributed by atoms with Crippen LogP contribution in [0.5, 0.6) is 0 Å². The fourth-order valence-electron chi connectivity index (χ4n) is 1.38. The second kappa shape index (κ2) is 2.26. The van der Waals surface area contributed by atoms with Gasteiger partial charge in [-0.15, -0.1) is 0 Å². The number of hydrogen-bond donors (Lipinski definition) is 1. The number of pyridine rings is 2. The van der Waals surface area contributed by atoms with Gasteiger partial charge in [-0.05, 0) is 12.1 Å². The van der Waals surface area contributed by atoms with Crippen LogP contribution in [0, 0.1) is 0 Å². The van der Waals surface area contributed by atoms with Gasteiger partial charge in [0.15, 0.2) is 5.65 Å². The van der Waals surface area contributed by atoms with Gasteiger partial charge in [0.05, 0.1) is 11.7 Å². The van der Waals surface area contributed by atoms with E-state index >= 15 is 0 Å². The van der Waals surface area contributed by atoms with Gasteiger partial charge in [0.1, 0.15) is 0 Å². The largest absolute Gasteiger partial charge is 0.264 e. The molecule has 4 heteroatoms. The van der Waals surface area contributed by atoms with Crippen LogP contribution in [0.2, 0.25) is 0 Å². The van der Waals surface area contributed by atoms with Crippen molar-refractivity contribution in [2.45, 2.75) is 0 Å². The maximum atomic E-state index is 4.38. The Morgan fingerprint density at radius 1 is 1.15 bits per heavy atom. The Morgan fingerprint density at radius 2 is 2.15 bits per heavy atom. The van der Waals surface area contributed by atoms with Crippen molar-refractivity contribution in [3.63, 3.8) is 0 Å². The van der Waals surface area contributed by atoms with E-state index in [9.17, 15) is 0 Å². The Balaban J connectivity index is 2.57. The summed E-state index contributed by atoms with van der Waals surface area (Å²) in [4.78, 5) is 8.41. The molecule has 62 valence electrons. The van der Waals surface area contributed by atoms with E-state index in [1.165, 1.54) is 0 Å². The third-order valence-corrected chi connectivity index (χ3v) is 2.02. The lowest BCUT2D eigenvalue weighted by atomic mass is 10.2. The Hall–Kier alpha value is -1.97. The molecule has 3 rings (SSSR count). The molecule has 3 aromatic rings. The molecule has 4 nitrogen and oxygen atoms in total.